The summed E-state index contributed by atoms with van der Waals surface area (Å²) in [7, 11) is 0. The Hall–Kier alpha value is 0.869. The Bertz CT molecular complexity index is 154. The van der Waals surface area contributed by atoms with Crippen LogP contribution in [-0.2, 0) is 29.7 Å². The van der Waals surface area contributed by atoms with Crippen LogP contribution < -0.4 is 10.6 Å². The summed E-state index contributed by atoms with van der Waals surface area (Å²) in [6.45, 7) is 1.49. The molecule has 13 heavy (non-hydrogen) atoms. The average molecular weight is 295 g/mol. The molecular weight excluding hydrogens is 283 g/mol. The molecule has 0 bridgehead atoms. The van der Waals surface area contributed by atoms with Crippen LogP contribution in [-0.4, -0.2) is 28.0 Å². The van der Waals surface area contributed by atoms with Crippen LogP contribution in [0.3, 0.4) is 0 Å². The van der Waals surface area contributed by atoms with Gasteiger partial charge in [0.15, 0.2) is 0 Å². The van der Waals surface area contributed by atoms with Crippen molar-refractivity contribution < 1.29 is 17.1 Å². The first-order valence-electron chi connectivity index (χ1n) is 2.93. The molecule has 0 aromatic carbocycles. The Labute approximate surface area is 111 Å². The molecule has 0 aliphatic carbocycles. The Balaban J connectivity index is -0.000000500. The van der Waals surface area contributed by atoms with Gasteiger partial charge in [-0.2, -0.15) is 0 Å². The second-order valence-corrected chi connectivity index (χ2v) is 4.19. The second-order valence-electron chi connectivity index (χ2n) is 1.63. The average Bonchev–Trinajstić information content (AvgIpc) is 1.97. The van der Waals surface area contributed by atoms with E-state index in [9.17, 15) is 0 Å². The number of hydrogen-bond donors (Lipinski definition) is 2. The minimum absolute atomic E-state index is 0. The third-order valence-corrected chi connectivity index (χ3v) is 2.30. The molecule has 0 aromatic rings. The maximum atomic E-state index is 4.90. The Morgan fingerprint density at radius 2 is 1.77 bits per heavy atom. The van der Waals surface area contributed by atoms with E-state index in [1.54, 1.807) is 0 Å². The number of thiocarbonyl (C=S) groups is 2. The summed E-state index contributed by atoms with van der Waals surface area (Å²) in [4.78, 5) is 0. The van der Waals surface area contributed by atoms with Crippen LogP contribution in [0.4, 0.5) is 0 Å². The smallest absolute Gasteiger partial charge is 0.412 e. The summed E-state index contributed by atoms with van der Waals surface area (Å²) in [6, 6.07) is 0. The van der Waals surface area contributed by atoms with E-state index in [4.69, 9.17) is 12.2 Å². The fourth-order valence-corrected chi connectivity index (χ4v) is 0.954. The van der Waals surface area contributed by atoms with Crippen molar-refractivity contribution in [3.05, 3.63) is 7.43 Å². The maximum Gasteiger partial charge on any atom is 2.00 e. The standard InChI is InChI=1S/C5H10N2S4.CH3.Mn/c1-11-5(10)7-3-2-6-4(8)9;;/h2-3H2,1H3,(H,7,10)(H2,6,8,9);1H3;/q;-1;+2/p-1. The van der Waals surface area contributed by atoms with Gasteiger partial charge in [0, 0.05) is 13.1 Å². The minimum Gasteiger partial charge on any atom is -0.412 e. The van der Waals surface area contributed by atoms with Crippen molar-refractivity contribution >= 4 is 57.5 Å². The minimum atomic E-state index is 0. The molecule has 0 unspecified atom stereocenters. The van der Waals surface area contributed by atoms with E-state index in [1.165, 1.54) is 11.8 Å². The van der Waals surface area contributed by atoms with Gasteiger partial charge >= 0.3 is 17.1 Å². The summed E-state index contributed by atoms with van der Waals surface area (Å²) in [5.74, 6) is 0. The fourth-order valence-electron chi connectivity index (χ4n) is 0.401. The molecule has 0 atom stereocenters. The Morgan fingerprint density at radius 3 is 2.15 bits per heavy atom. The molecule has 0 amide bonds. The summed E-state index contributed by atoms with van der Waals surface area (Å²) >= 11 is 15.7. The van der Waals surface area contributed by atoms with Gasteiger partial charge in [0.2, 0.25) is 0 Å². The molecule has 1 radical (unpaired) electrons. The quantitative estimate of drug-likeness (QED) is 0.266. The molecule has 0 aromatic heterocycles. The first-order chi connectivity index (χ1) is 5.16. The second kappa shape index (κ2) is 12.9. The summed E-state index contributed by atoms with van der Waals surface area (Å²) < 4.78 is 1.20. The first kappa shape index (κ1) is 19.4. The van der Waals surface area contributed by atoms with Gasteiger partial charge in [0.1, 0.15) is 4.32 Å². The topological polar surface area (TPSA) is 24.1 Å². The molecule has 0 saturated carbocycles. The molecular formula is C6H12MnN2S4. The zero-order chi connectivity index (χ0) is 8.69. The molecule has 0 fully saturated rings. The van der Waals surface area contributed by atoms with E-state index >= 15 is 0 Å². The molecule has 0 spiro atoms. The SMILES string of the molecule is CSC(=S)NCCNC(=S)[S-].[CH3-].[Mn+2]. The van der Waals surface area contributed by atoms with E-state index in [-0.39, 0.29) is 24.5 Å². The van der Waals surface area contributed by atoms with E-state index in [1.807, 2.05) is 6.26 Å². The molecule has 0 aliphatic heterocycles. The van der Waals surface area contributed by atoms with Crippen molar-refractivity contribution in [3.8, 4) is 0 Å². The van der Waals surface area contributed by atoms with Crippen molar-refractivity contribution in [2.45, 2.75) is 0 Å². The number of nitrogens with one attached hydrogen (secondary N) is 2. The summed E-state index contributed by atoms with van der Waals surface area (Å²) in [6.07, 6.45) is 1.93. The zero-order valence-corrected chi connectivity index (χ0v) is 11.9. The van der Waals surface area contributed by atoms with Crippen LogP contribution in [0, 0.1) is 7.43 Å². The van der Waals surface area contributed by atoms with E-state index in [2.05, 4.69) is 35.5 Å². The van der Waals surface area contributed by atoms with Gasteiger partial charge in [-0.25, -0.2) is 0 Å². The van der Waals surface area contributed by atoms with Crippen molar-refractivity contribution in [1.82, 2.24) is 10.6 Å². The van der Waals surface area contributed by atoms with Crippen LogP contribution in [0.25, 0.3) is 0 Å². The maximum absolute atomic E-state index is 4.90. The van der Waals surface area contributed by atoms with E-state index in [0.717, 1.165) is 17.4 Å². The van der Waals surface area contributed by atoms with Crippen LogP contribution >= 0.6 is 36.2 Å². The molecule has 77 valence electrons. The number of hydrogen-bond acceptors (Lipinski definition) is 4. The van der Waals surface area contributed by atoms with Crippen molar-refractivity contribution in [1.29, 1.82) is 0 Å². The van der Waals surface area contributed by atoms with Gasteiger partial charge < -0.3 is 42.9 Å². The van der Waals surface area contributed by atoms with Gasteiger partial charge in [0.25, 0.3) is 0 Å². The molecule has 0 heterocycles. The van der Waals surface area contributed by atoms with E-state index in [0.29, 0.717) is 4.32 Å². The van der Waals surface area contributed by atoms with E-state index < -0.39 is 0 Å². The Kier molecular flexibility index (Phi) is 19.2. The van der Waals surface area contributed by atoms with Crippen LogP contribution in [0.2, 0.25) is 0 Å². The largest absolute Gasteiger partial charge is 2.00 e. The molecule has 7 heteroatoms. The molecule has 0 rings (SSSR count). The van der Waals surface area contributed by atoms with Crippen molar-refractivity contribution in [2.24, 2.45) is 0 Å². The summed E-state index contributed by atoms with van der Waals surface area (Å²) in [5.41, 5.74) is 0. The van der Waals surface area contributed by atoms with Gasteiger partial charge in [-0.15, -0.1) is 11.8 Å². The van der Waals surface area contributed by atoms with Crippen molar-refractivity contribution in [3.63, 3.8) is 0 Å². The fraction of sp³-hybridized carbons (Fsp3) is 0.500. The molecule has 0 aliphatic rings. The third-order valence-electron chi connectivity index (χ3n) is 0.849. The van der Waals surface area contributed by atoms with Gasteiger partial charge in [-0.1, -0.05) is 16.5 Å². The number of rotatable bonds is 3. The van der Waals surface area contributed by atoms with Crippen molar-refractivity contribution in [2.75, 3.05) is 19.3 Å². The normalized spacial score (nSPS) is 7.46. The van der Waals surface area contributed by atoms with Gasteiger partial charge in [-0.3, -0.25) is 0 Å². The summed E-state index contributed by atoms with van der Waals surface area (Å²) in [5, 5.41) is 5.85. The third kappa shape index (κ3) is 15.6. The first-order valence-corrected chi connectivity index (χ1v) is 5.38. The predicted molar refractivity (Wildman–Crippen MR) is 68.5 cm³/mol. The monoisotopic (exact) mass is 295 g/mol. The Morgan fingerprint density at radius 1 is 1.31 bits per heavy atom. The van der Waals surface area contributed by atoms with Crippen LogP contribution in [0.15, 0.2) is 0 Å². The molecule has 2 nitrogen and oxygen atoms in total. The number of thioether (sulfide) groups is 1. The van der Waals surface area contributed by atoms with Gasteiger partial charge in [0.05, 0.1) is 0 Å². The molecule has 2 N–H and O–H groups in total. The van der Waals surface area contributed by atoms with Gasteiger partial charge in [-0.05, 0) is 6.26 Å². The predicted octanol–water partition coefficient (Wildman–Crippen LogP) is 1.09. The zero-order valence-electron chi connectivity index (χ0n) is 7.43. The van der Waals surface area contributed by atoms with Crippen LogP contribution in [0.1, 0.15) is 0 Å². The molecule has 0 saturated heterocycles. The van der Waals surface area contributed by atoms with Crippen LogP contribution in [0.5, 0.6) is 0 Å².